The minimum atomic E-state index is 0.623. The van der Waals surface area contributed by atoms with Crippen molar-refractivity contribution in [1.29, 1.82) is 0 Å². The summed E-state index contributed by atoms with van der Waals surface area (Å²) in [6.07, 6.45) is 9.23. The molecule has 0 spiro atoms. The SMILES string of the molecule is C=CC1=C(/C=C\C)C(=C)N/C1=N\c1[nH]c(/N=C2\N=C(C)c3ccccc32)c(C=C)c1C=C. The van der Waals surface area contributed by atoms with Crippen molar-refractivity contribution < 1.29 is 0 Å². The normalized spacial score (nSPS) is 17.8. The maximum atomic E-state index is 4.83. The fourth-order valence-corrected chi connectivity index (χ4v) is 3.89. The van der Waals surface area contributed by atoms with E-state index in [9.17, 15) is 0 Å². The lowest BCUT2D eigenvalue weighted by Gasteiger charge is -2.01. The van der Waals surface area contributed by atoms with Gasteiger partial charge in [0.1, 0.15) is 17.5 Å². The minimum absolute atomic E-state index is 0.623. The van der Waals surface area contributed by atoms with Gasteiger partial charge in [-0.25, -0.2) is 15.0 Å². The molecule has 0 unspecified atom stereocenters. The van der Waals surface area contributed by atoms with Gasteiger partial charge < -0.3 is 10.3 Å². The van der Waals surface area contributed by atoms with Crippen LogP contribution in [0.2, 0.25) is 0 Å². The van der Waals surface area contributed by atoms with Crippen LogP contribution in [0.15, 0.2) is 101 Å². The van der Waals surface area contributed by atoms with Crippen LogP contribution < -0.4 is 5.32 Å². The van der Waals surface area contributed by atoms with Crippen molar-refractivity contribution in [2.75, 3.05) is 0 Å². The average Bonchev–Trinajstić information content (AvgIpc) is 3.40. The highest BCUT2D eigenvalue weighted by molar-refractivity contribution is 6.22. The van der Waals surface area contributed by atoms with Gasteiger partial charge in [-0.05, 0) is 13.8 Å². The molecule has 1 aromatic carbocycles. The number of aromatic amines is 1. The van der Waals surface area contributed by atoms with Crippen LogP contribution in [0, 0.1) is 0 Å². The molecule has 158 valence electrons. The fraction of sp³-hybridized carbons (Fsp3) is 0.0741. The third kappa shape index (κ3) is 3.44. The number of allylic oxidation sites excluding steroid dienone is 2. The minimum Gasteiger partial charge on any atom is -0.340 e. The zero-order valence-corrected chi connectivity index (χ0v) is 18.4. The summed E-state index contributed by atoms with van der Waals surface area (Å²) in [5, 5.41) is 3.25. The molecule has 0 atom stereocenters. The molecule has 32 heavy (non-hydrogen) atoms. The van der Waals surface area contributed by atoms with Gasteiger partial charge in [-0.1, -0.05) is 81.0 Å². The molecule has 1 aromatic heterocycles. The van der Waals surface area contributed by atoms with E-state index in [1.165, 1.54) is 0 Å². The van der Waals surface area contributed by atoms with Gasteiger partial charge in [-0.15, -0.1) is 0 Å². The number of amidine groups is 2. The van der Waals surface area contributed by atoms with Crippen LogP contribution in [0.3, 0.4) is 0 Å². The molecule has 0 bridgehead atoms. The molecule has 0 fully saturated rings. The Morgan fingerprint density at radius 3 is 2.19 bits per heavy atom. The lowest BCUT2D eigenvalue weighted by molar-refractivity contribution is 1.19. The summed E-state index contributed by atoms with van der Waals surface area (Å²) in [4.78, 5) is 17.6. The zero-order chi connectivity index (χ0) is 22.8. The molecule has 0 amide bonds. The molecule has 0 saturated carbocycles. The molecule has 4 rings (SSSR count). The highest BCUT2D eigenvalue weighted by Gasteiger charge is 2.23. The lowest BCUT2D eigenvalue weighted by Crippen LogP contribution is -2.15. The Morgan fingerprint density at radius 1 is 0.906 bits per heavy atom. The predicted octanol–water partition coefficient (Wildman–Crippen LogP) is 6.41. The second-order valence-electron chi connectivity index (χ2n) is 7.33. The van der Waals surface area contributed by atoms with Crippen LogP contribution in [0.25, 0.3) is 12.2 Å². The maximum absolute atomic E-state index is 4.83. The third-order valence-electron chi connectivity index (χ3n) is 5.40. The van der Waals surface area contributed by atoms with E-state index in [2.05, 4.69) is 47.7 Å². The summed E-state index contributed by atoms with van der Waals surface area (Å²) in [7, 11) is 0. The van der Waals surface area contributed by atoms with E-state index in [1.807, 2.05) is 44.2 Å². The molecule has 0 aliphatic carbocycles. The first kappa shape index (κ1) is 21.0. The van der Waals surface area contributed by atoms with Crippen molar-refractivity contribution in [2.24, 2.45) is 15.0 Å². The Hall–Kier alpha value is -4.25. The highest BCUT2D eigenvalue weighted by Crippen LogP contribution is 2.35. The first-order chi connectivity index (χ1) is 15.5. The Kier molecular flexibility index (Phi) is 5.56. The topological polar surface area (TPSA) is 64.9 Å². The van der Waals surface area contributed by atoms with Gasteiger partial charge in [-0.2, -0.15) is 0 Å². The zero-order valence-electron chi connectivity index (χ0n) is 18.4. The summed E-state index contributed by atoms with van der Waals surface area (Å²) in [5.74, 6) is 2.58. The predicted molar refractivity (Wildman–Crippen MR) is 137 cm³/mol. The second-order valence-corrected chi connectivity index (χ2v) is 7.33. The third-order valence-corrected chi connectivity index (χ3v) is 5.40. The van der Waals surface area contributed by atoms with E-state index >= 15 is 0 Å². The van der Waals surface area contributed by atoms with Crippen LogP contribution in [-0.4, -0.2) is 22.4 Å². The number of aliphatic imine (C=N–C) groups is 3. The molecule has 2 aliphatic heterocycles. The number of benzene rings is 1. The molecule has 5 nitrogen and oxygen atoms in total. The van der Waals surface area contributed by atoms with Crippen LogP contribution in [0.4, 0.5) is 11.6 Å². The molecular weight excluding hydrogens is 394 g/mol. The van der Waals surface area contributed by atoms with Crippen LogP contribution in [0.1, 0.15) is 36.1 Å². The van der Waals surface area contributed by atoms with Gasteiger partial charge in [0.05, 0.1) is 0 Å². The van der Waals surface area contributed by atoms with E-state index in [1.54, 1.807) is 18.2 Å². The average molecular weight is 420 g/mol. The van der Waals surface area contributed by atoms with Gasteiger partial charge in [0.15, 0.2) is 5.84 Å². The quantitative estimate of drug-likeness (QED) is 0.558. The van der Waals surface area contributed by atoms with Gasteiger partial charge >= 0.3 is 0 Å². The number of nitrogens with one attached hydrogen (secondary N) is 2. The molecular formula is C27H25N5. The number of nitrogens with zero attached hydrogens (tertiary/aromatic N) is 3. The van der Waals surface area contributed by atoms with Crippen molar-refractivity contribution in [2.45, 2.75) is 13.8 Å². The lowest BCUT2D eigenvalue weighted by atomic mass is 10.1. The largest absolute Gasteiger partial charge is 0.340 e. The summed E-state index contributed by atoms with van der Waals surface area (Å²) < 4.78 is 0. The molecule has 0 radical (unpaired) electrons. The van der Waals surface area contributed by atoms with Crippen molar-refractivity contribution in [3.8, 4) is 0 Å². The van der Waals surface area contributed by atoms with E-state index < -0.39 is 0 Å². The molecule has 0 saturated heterocycles. The standard InChI is InChI=1S/C27H25N5/c1-7-13-21-16(5)28-24(20(21)10-4)30-25-18(8-2)19(9-3)26(31-25)32-27-23-15-12-11-14-22(23)17(6)29-27/h7-15,31H,2-5H2,1,6H3,(H,28,30)/b13-7-,32-27-. The summed E-state index contributed by atoms with van der Waals surface area (Å²) >= 11 is 0. The van der Waals surface area contributed by atoms with E-state index in [0.717, 1.165) is 44.8 Å². The molecule has 2 aromatic rings. The Morgan fingerprint density at radius 2 is 1.56 bits per heavy atom. The number of hydrogen-bond donors (Lipinski definition) is 2. The smallest absolute Gasteiger partial charge is 0.162 e. The van der Waals surface area contributed by atoms with Crippen molar-refractivity contribution in [3.63, 3.8) is 0 Å². The number of hydrogen-bond acceptors (Lipinski definition) is 2. The Balaban J connectivity index is 1.85. The number of rotatable bonds is 6. The molecule has 5 heteroatoms. The number of aromatic nitrogens is 1. The van der Waals surface area contributed by atoms with Gasteiger partial charge in [0, 0.05) is 44.8 Å². The second kappa shape index (κ2) is 8.47. The molecule has 2 aliphatic rings. The van der Waals surface area contributed by atoms with Crippen molar-refractivity contribution >= 4 is 41.2 Å². The number of fused-ring (bicyclic) bond motifs is 1. The first-order valence-electron chi connectivity index (χ1n) is 10.3. The molecule has 2 N–H and O–H groups in total. The number of H-pyrrole nitrogens is 1. The maximum Gasteiger partial charge on any atom is 0.162 e. The summed E-state index contributed by atoms with van der Waals surface area (Å²) in [6, 6.07) is 8.07. The van der Waals surface area contributed by atoms with Crippen molar-refractivity contribution in [1.82, 2.24) is 10.3 Å². The van der Waals surface area contributed by atoms with E-state index in [4.69, 9.17) is 9.98 Å². The van der Waals surface area contributed by atoms with Crippen molar-refractivity contribution in [3.05, 3.63) is 108 Å². The molecule has 3 heterocycles. The van der Waals surface area contributed by atoms with E-state index in [0.29, 0.717) is 23.3 Å². The fourth-order valence-electron chi connectivity index (χ4n) is 3.89. The van der Waals surface area contributed by atoms with Crippen LogP contribution >= 0.6 is 0 Å². The first-order valence-corrected chi connectivity index (χ1v) is 10.3. The monoisotopic (exact) mass is 419 g/mol. The van der Waals surface area contributed by atoms with Crippen LogP contribution in [0.5, 0.6) is 0 Å². The van der Waals surface area contributed by atoms with Gasteiger partial charge in [-0.3, -0.25) is 0 Å². The summed E-state index contributed by atoms with van der Waals surface area (Å²) in [5.41, 5.74) is 7.30. The Bertz CT molecular complexity index is 1320. The van der Waals surface area contributed by atoms with E-state index in [-0.39, 0.29) is 0 Å². The van der Waals surface area contributed by atoms with Gasteiger partial charge in [0.25, 0.3) is 0 Å². The van der Waals surface area contributed by atoms with Gasteiger partial charge in [0.2, 0.25) is 0 Å². The van der Waals surface area contributed by atoms with Crippen LogP contribution in [-0.2, 0) is 0 Å². The summed E-state index contributed by atoms with van der Waals surface area (Å²) in [6.45, 7) is 19.9. The Labute approximate surface area is 188 Å². The highest BCUT2D eigenvalue weighted by atomic mass is 15.1.